The van der Waals surface area contributed by atoms with Crippen molar-refractivity contribution >= 4 is 0 Å². The molecule has 5 fully saturated rings. The van der Waals surface area contributed by atoms with Gasteiger partial charge in [0.25, 0.3) is 0 Å². The maximum Gasteiger partial charge on any atom is 0.154 e. The van der Waals surface area contributed by atoms with E-state index in [4.69, 9.17) is 9.98 Å². The van der Waals surface area contributed by atoms with Gasteiger partial charge < -0.3 is 5.21 Å². The molecule has 0 saturated heterocycles. The lowest BCUT2D eigenvalue weighted by Gasteiger charge is -2.57. The molecule has 0 atom stereocenters. The lowest BCUT2D eigenvalue weighted by atomic mass is 9.49. The van der Waals surface area contributed by atoms with Gasteiger partial charge in [-0.2, -0.15) is 4.73 Å². The van der Waals surface area contributed by atoms with Crippen molar-refractivity contribution in [2.24, 2.45) is 28.2 Å². The van der Waals surface area contributed by atoms with E-state index in [9.17, 15) is 5.21 Å². The van der Waals surface area contributed by atoms with E-state index in [0.29, 0.717) is 11.3 Å². The molecule has 164 valence electrons. The van der Waals surface area contributed by atoms with Crippen LogP contribution in [0.2, 0.25) is 0 Å². The number of hydrogen-bond acceptors (Lipinski definition) is 3. The fourth-order valence-electron chi connectivity index (χ4n) is 8.48. The third kappa shape index (κ3) is 3.42. The molecule has 4 nitrogen and oxygen atoms in total. The van der Waals surface area contributed by atoms with Crippen LogP contribution in [-0.4, -0.2) is 21.5 Å². The summed E-state index contributed by atoms with van der Waals surface area (Å²) in [5.41, 5.74) is 3.94. The van der Waals surface area contributed by atoms with Gasteiger partial charge in [-0.15, -0.1) is 0 Å². The van der Waals surface area contributed by atoms with E-state index in [0.717, 1.165) is 54.1 Å². The van der Waals surface area contributed by atoms with E-state index in [2.05, 4.69) is 0 Å². The predicted molar refractivity (Wildman–Crippen MR) is 118 cm³/mol. The van der Waals surface area contributed by atoms with Gasteiger partial charge in [0.1, 0.15) is 5.82 Å². The summed E-state index contributed by atoms with van der Waals surface area (Å²) in [5.74, 6) is 4.37. The van der Waals surface area contributed by atoms with E-state index >= 15 is 0 Å². The highest BCUT2D eigenvalue weighted by Gasteiger charge is 2.50. The summed E-state index contributed by atoms with van der Waals surface area (Å²) in [5, 5.41) is 11.0. The van der Waals surface area contributed by atoms with Crippen molar-refractivity contribution in [2.75, 3.05) is 6.54 Å². The first-order valence-corrected chi connectivity index (χ1v) is 13.0. The molecule has 0 amide bonds. The van der Waals surface area contributed by atoms with Crippen molar-refractivity contribution in [3.8, 4) is 0 Å². The topological polar surface area (TPSA) is 50.4 Å². The average Bonchev–Trinajstić information content (AvgIpc) is 2.75. The molecule has 0 aliphatic heterocycles. The van der Waals surface area contributed by atoms with Gasteiger partial charge in [-0.3, -0.25) is 4.99 Å². The second-order valence-corrected chi connectivity index (χ2v) is 11.6. The molecule has 0 unspecified atom stereocenters. The van der Waals surface area contributed by atoms with Crippen LogP contribution in [0.5, 0.6) is 0 Å². The third-order valence-corrected chi connectivity index (χ3v) is 9.44. The van der Waals surface area contributed by atoms with Crippen molar-refractivity contribution in [3.05, 3.63) is 22.6 Å². The van der Waals surface area contributed by atoms with Gasteiger partial charge in [-0.25, -0.2) is 4.98 Å². The van der Waals surface area contributed by atoms with Crippen LogP contribution in [0.3, 0.4) is 0 Å². The van der Waals surface area contributed by atoms with Crippen LogP contribution < -0.4 is 5.49 Å². The predicted octanol–water partition coefficient (Wildman–Crippen LogP) is 5.55. The molecule has 4 bridgehead atoms. The van der Waals surface area contributed by atoms with Gasteiger partial charge in [-0.05, 0) is 107 Å². The van der Waals surface area contributed by atoms with Crippen LogP contribution >= 0.6 is 0 Å². The molecule has 4 heteroatoms. The normalized spacial score (nSPS) is 36.3. The maximum absolute atomic E-state index is 11.0. The van der Waals surface area contributed by atoms with Crippen molar-refractivity contribution < 1.29 is 5.21 Å². The van der Waals surface area contributed by atoms with Crippen LogP contribution in [0.1, 0.15) is 113 Å². The number of aromatic nitrogens is 2. The Labute approximate surface area is 181 Å². The summed E-state index contributed by atoms with van der Waals surface area (Å²) in [6, 6.07) is 0. The highest BCUT2D eigenvalue weighted by molar-refractivity contribution is 5.22. The molecule has 30 heavy (non-hydrogen) atoms. The quantitative estimate of drug-likeness (QED) is 0.662. The van der Waals surface area contributed by atoms with E-state index in [-0.39, 0.29) is 0 Å². The number of fused-ring (bicyclic) bond motifs is 1. The molecule has 6 aliphatic rings. The summed E-state index contributed by atoms with van der Waals surface area (Å²) in [7, 11) is 0. The van der Waals surface area contributed by atoms with Crippen LogP contribution in [0.15, 0.2) is 4.99 Å². The Balaban J connectivity index is 1.28. The van der Waals surface area contributed by atoms with E-state index in [1.54, 1.807) is 0 Å². The van der Waals surface area contributed by atoms with Crippen molar-refractivity contribution in [3.63, 3.8) is 0 Å². The first kappa shape index (κ1) is 19.4. The number of rotatable bonds is 4. The number of hydrogen-bond donors (Lipinski definition) is 1. The zero-order valence-corrected chi connectivity index (χ0v) is 18.6. The molecule has 7 rings (SSSR count). The molecule has 1 aromatic rings. The molecule has 6 aliphatic carbocycles. The van der Waals surface area contributed by atoms with Gasteiger partial charge >= 0.3 is 0 Å². The highest BCUT2D eigenvalue weighted by Crippen LogP contribution is 2.61. The first-order chi connectivity index (χ1) is 14.7. The first-order valence-electron chi connectivity index (χ1n) is 13.0. The minimum Gasteiger partial charge on any atom is -0.427 e. The Morgan fingerprint density at radius 3 is 2.27 bits per heavy atom. The zero-order valence-electron chi connectivity index (χ0n) is 18.6. The van der Waals surface area contributed by atoms with Crippen molar-refractivity contribution in [1.82, 2.24) is 9.71 Å². The molecular weight excluding hydrogens is 370 g/mol. The Bertz CT molecular complexity index is 828. The van der Waals surface area contributed by atoms with Gasteiger partial charge in [0.2, 0.25) is 0 Å². The van der Waals surface area contributed by atoms with Crippen LogP contribution in [0.4, 0.5) is 0 Å². The highest BCUT2D eigenvalue weighted by atomic mass is 16.5. The van der Waals surface area contributed by atoms with Gasteiger partial charge in [0, 0.05) is 18.0 Å². The molecular formula is C26H39N3O. The van der Waals surface area contributed by atoms with Crippen LogP contribution in [0.25, 0.3) is 0 Å². The molecule has 1 N–H and O–H groups in total. The molecule has 0 aromatic carbocycles. The summed E-state index contributed by atoms with van der Waals surface area (Å²) >= 11 is 0. The Hall–Kier alpha value is -1.32. The fourth-order valence-corrected chi connectivity index (χ4v) is 8.48. The summed E-state index contributed by atoms with van der Waals surface area (Å²) < 4.78 is 1.49. The molecule has 1 heterocycles. The monoisotopic (exact) mass is 409 g/mol. The minimum atomic E-state index is 0.410. The van der Waals surface area contributed by atoms with E-state index in [1.807, 2.05) is 0 Å². The third-order valence-electron chi connectivity index (χ3n) is 9.44. The van der Waals surface area contributed by atoms with Crippen molar-refractivity contribution in [2.45, 2.75) is 109 Å². The standard InChI is InChI=1S/C26H39N3O/c30-29-23-9-5-4-8-22(23)24(28-25(29)21-6-2-1-3-7-21)27-11-10-26-15-18-12-19(16-26)14-20(13-18)17-26/h18-21,30H,1-17H2. The lowest BCUT2D eigenvalue weighted by Crippen LogP contribution is -2.46. The Morgan fingerprint density at radius 1 is 0.900 bits per heavy atom. The summed E-state index contributed by atoms with van der Waals surface area (Å²) in [6.45, 7) is 0.936. The second-order valence-electron chi connectivity index (χ2n) is 11.6. The lowest BCUT2D eigenvalue weighted by molar-refractivity contribution is -0.0557. The SMILES string of the molecule is On1c(C2CCCCC2)nc(=NCCC23CC4CC(CC(C4)C2)C3)c2c1CCCC2. The summed E-state index contributed by atoms with van der Waals surface area (Å²) in [6.07, 6.45) is 20.8. The molecule has 5 saturated carbocycles. The van der Waals surface area contributed by atoms with Gasteiger partial charge in [0.05, 0.1) is 5.69 Å². The van der Waals surface area contributed by atoms with E-state index < -0.39 is 0 Å². The minimum absolute atomic E-state index is 0.410. The Kier molecular flexibility index (Phi) is 4.95. The van der Waals surface area contributed by atoms with Crippen molar-refractivity contribution in [1.29, 1.82) is 0 Å². The molecule has 0 spiro atoms. The van der Waals surface area contributed by atoms with Gasteiger partial charge in [0.15, 0.2) is 5.49 Å². The smallest absolute Gasteiger partial charge is 0.154 e. The largest absolute Gasteiger partial charge is 0.427 e. The fraction of sp³-hybridized carbons (Fsp3) is 0.846. The average molecular weight is 410 g/mol. The van der Waals surface area contributed by atoms with Gasteiger partial charge in [-0.1, -0.05) is 19.3 Å². The van der Waals surface area contributed by atoms with Crippen LogP contribution in [-0.2, 0) is 12.8 Å². The molecule has 1 aromatic heterocycles. The second kappa shape index (κ2) is 7.67. The Morgan fingerprint density at radius 2 is 1.57 bits per heavy atom. The summed E-state index contributed by atoms with van der Waals surface area (Å²) in [4.78, 5) is 10.2. The van der Waals surface area contributed by atoms with E-state index in [1.165, 1.54) is 100 Å². The maximum atomic E-state index is 11.0. The number of nitrogens with zero attached hydrogens (tertiary/aromatic N) is 3. The van der Waals surface area contributed by atoms with Crippen LogP contribution in [0, 0.1) is 23.2 Å². The molecule has 0 radical (unpaired) electrons. The zero-order chi connectivity index (χ0) is 20.1.